The van der Waals surface area contributed by atoms with Crippen LogP contribution in [0.2, 0.25) is 0 Å². The van der Waals surface area contributed by atoms with E-state index in [-0.39, 0.29) is 28.4 Å². The molecule has 104 valence electrons. The van der Waals surface area contributed by atoms with Crippen LogP contribution in [0.4, 0.5) is 11.4 Å². The van der Waals surface area contributed by atoms with E-state index < -0.39 is 9.85 Å². The Morgan fingerprint density at radius 3 is 2.33 bits per heavy atom. The molecular weight excluding hydrogens is 278 g/mol. The van der Waals surface area contributed by atoms with Crippen LogP contribution in [-0.2, 0) is 0 Å². The van der Waals surface area contributed by atoms with Gasteiger partial charge in [-0.2, -0.15) is 5.26 Å². The van der Waals surface area contributed by atoms with Gasteiger partial charge in [0, 0.05) is 6.07 Å². The van der Waals surface area contributed by atoms with E-state index in [1.54, 1.807) is 6.07 Å². The Morgan fingerprint density at radius 1 is 1.00 bits per heavy atom. The number of nitro benzene ring substituents is 2. The fourth-order valence-electron chi connectivity index (χ4n) is 1.62. The third-order valence-electron chi connectivity index (χ3n) is 2.55. The van der Waals surface area contributed by atoms with Gasteiger partial charge in [-0.15, -0.1) is 0 Å². The van der Waals surface area contributed by atoms with Crippen molar-refractivity contribution in [1.82, 2.24) is 0 Å². The molecule has 2 rings (SSSR count). The molecule has 2 aromatic rings. The first-order valence-electron chi connectivity index (χ1n) is 5.62. The zero-order chi connectivity index (χ0) is 15.4. The van der Waals surface area contributed by atoms with Crippen LogP contribution in [0.1, 0.15) is 5.56 Å². The minimum Gasteiger partial charge on any atom is -0.457 e. The van der Waals surface area contributed by atoms with Gasteiger partial charge in [0.25, 0.3) is 11.4 Å². The summed E-state index contributed by atoms with van der Waals surface area (Å²) in [5.74, 6) is 0.282. The lowest BCUT2D eigenvalue weighted by Crippen LogP contribution is -1.94. The monoisotopic (exact) mass is 285 g/mol. The molecule has 0 amide bonds. The van der Waals surface area contributed by atoms with Gasteiger partial charge in [-0.1, -0.05) is 6.07 Å². The highest BCUT2D eigenvalue weighted by Crippen LogP contribution is 2.29. The summed E-state index contributed by atoms with van der Waals surface area (Å²) in [7, 11) is 0. The van der Waals surface area contributed by atoms with E-state index >= 15 is 0 Å². The van der Waals surface area contributed by atoms with Crippen LogP contribution in [0.15, 0.2) is 42.5 Å². The number of nitrogens with zero attached hydrogens (tertiary/aromatic N) is 3. The van der Waals surface area contributed by atoms with Crippen LogP contribution in [0.25, 0.3) is 0 Å². The second-order valence-corrected chi connectivity index (χ2v) is 3.90. The summed E-state index contributed by atoms with van der Waals surface area (Å²) in [6.45, 7) is 0. The summed E-state index contributed by atoms with van der Waals surface area (Å²) in [5.41, 5.74) is -0.637. The number of nitro groups is 2. The maximum absolute atomic E-state index is 10.8. The first-order valence-corrected chi connectivity index (χ1v) is 5.62. The zero-order valence-electron chi connectivity index (χ0n) is 10.4. The molecule has 0 bridgehead atoms. The van der Waals surface area contributed by atoms with Gasteiger partial charge in [0.1, 0.15) is 23.1 Å². The van der Waals surface area contributed by atoms with Crippen molar-refractivity contribution in [2.24, 2.45) is 0 Å². The Kier molecular flexibility index (Phi) is 3.76. The molecule has 0 heterocycles. The highest BCUT2D eigenvalue weighted by Gasteiger charge is 2.15. The predicted octanol–water partition coefficient (Wildman–Crippen LogP) is 3.17. The summed E-state index contributed by atoms with van der Waals surface area (Å²) < 4.78 is 5.34. The molecule has 0 atom stereocenters. The van der Waals surface area contributed by atoms with Gasteiger partial charge in [-0.05, 0) is 18.2 Å². The van der Waals surface area contributed by atoms with Gasteiger partial charge in [-0.3, -0.25) is 20.2 Å². The van der Waals surface area contributed by atoms with Crippen molar-refractivity contribution in [3.8, 4) is 17.6 Å². The number of non-ortho nitro benzene ring substituents is 1. The first-order chi connectivity index (χ1) is 10.0. The Balaban J connectivity index is 2.34. The van der Waals surface area contributed by atoms with Gasteiger partial charge >= 0.3 is 0 Å². The van der Waals surface area contributed by atoms with E-state index in [2.05, 4.69) is 0 Å². The molecule has 0 aromatic heterocycles. The van der Waals surface area contributed by atoms with Crippen LogP contribution in [0.3, 0.4) is 0 Å². The molecule has 0 unspecified atom stereocenters. The average molecular weight is 285 g/mol. The van der Waals surface area contributed by atoms with E-state index in [1.807, 2.05) is 0 Å². The normalized spacial score (nSPS) is 9.67. The van der Waals surface area contributed by atoms with Gasteiger partial charge in [0.05, 0.1) is 22.0 Å². The van der Waals surface area contributed by atoms with Gasteiger partial charge in [0.2, 0.25) is 0 Å². The van der Waals surface area contributed by atoms with Crippen LogP contribution in [-0.4, -0.2) is 9.85 Å². The summed E-state index contributed by atoms with van der Waals surface area (Å²) in [6.07, 6.45) is 0. The van der Waals surface area contributed by atoms with Crippen molar-refractivity contribution in [3.63, 3.8) is 0 Å². The Morgan fingerprint density at radius 2 is 1.71 bits per heavy atom. The minimum atomic E-state index is -0.696. The Hall–Kier alpha value is -3.47. The molecule has 8 heteroatoms. The number of hydrogen-bond acceptors (Lipinski definition) is 6. The first kappa shape index (κ1) is 14.0. The largest absolute Gasteiger partial charge is 0.457 e. The van der Waals surface area contributed by atoms with Crippen molar-refractivity contribution in [1.29, 1.82) is 5.26 Å². The molecule has 21 heavy (non-hydrogen) atoms. The summed E-state index contributed by atoms with van der Waals surface area (Å²) in [5, 5.41) is 30.3. The lowest BCUT2D eigenvalue weighted by molar-refractivity contribution is -0.385. The van der Waals surface area contributed by atoms with Crippen molar-refractivity contribution >= 4 is 11.4 Å². The van der Waals surface area contributed by atoms with Crippen LogP contribution in [0.5, 0.6) is 11.5 Å². The van der Waals surface area contributed by atoms with Crippen molar-refractivity contribution < 1.29 is 14.6 Å². The summed E-state index contributed by atoms with van der Waals surface area (Å²) >= 11 is 0. The summed E-state index contributed by atoms with van der Waals surface area (Å²) in [4.78, 5) is 20.2. The van der Waals surface area contributed by atoms with Gasteiger partial charge in [0.15, 0.2) is 0 Å². The highest BCUT2D eigenvalue weighted by molar-refractivity contribution is 5.53. The second kappa shape index (κ2) is 5.66. The quantitative estimate of drug-likeness (QED) is 0.628. The lowest BCUT2D eigenvalue weighted by Gasteiger charge is -2.05. The second-order valence-electron chi connectivity index (χ2n) is 3.90. The third-order valence-corrected chi connectivity index (χ3v) is 2.55. The van der Waals surface area contributed by atoms with Crippen molar-refractivity contribution in [3.05, 3.63) is 68.3 Å². The van der Waals surface area contributed by atoms with Crippen LogP contribution < -0.4 is 4.74 Å². The SMILES string of the molecule is N#Cc1ccc(Oc2cccc([N+](=O)[O-])c2)cc1[N+](=O)[O-]. The van der Waals surface area contributed by atoms with E-state index in [0.29, 0.717) is 0 Å². The molecule has 8 nitrogen and oxygen atoms in total. The molecule has 0 radical (unpaired) electrons. The number of benzene rings is 2. The number of hydrogen-bond donors (Lipinski definition) is 0. The fraction of sp³-hybridized carbons (Fsp3) is 0. The summed E-state index contributed by atoms with van der Waals surface area (Å²) in [6, 6.07) is 10.9. The standard InChI is InChI=1S/C13H7N3O5/c14-8-9-4-5-12(7-13(9)16(19)20)21-11-3-1-2-10(6-11)15(17)18/h1-7H. The molecule has 0 spiro atoms. The number of rotatable bonds is 4. The van der Waals surface area contributed by atoms with E-state index in [4.69, 9.17) is 10.00 Å². The maximum Gasteiger partial charge on any atom is 0.290 e. The minimum absolute atomic E-state index is 0.0913. The Bertz CT molecular complexity index is 767. The number of ether oxygens (including phenoxy) is 1. The van der Waals surface area contributed by atoms with Crippen LogP contribution in [0, 0.1) is 31.6 Å². The lowest BCUT2D eigenvalue weighted by atomic mass is 10.2. The fourth-order valence-corrected chi connectivity index (χ4v) is 1.62. The third kappa shape index (κ3) is 3.10. The zero-order valence-corrected chi connectivity index (χ0v) is 10.4. The molecule has 0 aliphatic rings. The highest BCUT2D eigenvalue weighted by atomic mass is 16.6. The smallest absolute Gasteiger partial charge is 0.290 e. The maximum atomic E-state index is 10.8. The molecule has 0 aliphatic heterocycles. The van der Waals surface area contributed by atoms with Gasteiger partial charge in [-0.25, -0.2) is 0 Å². The predicted molar refractivity (Wildman–Crippen MR) is 71.0 cm³/mol. The van der Waals surface area contributed by atoms with Crippen LogP contribution >= 0.6 is 0 Å². The molecule has 0 fully saturated rings. The van der Waals surface area contributed by atoms with Gasteiger partial charge < -0.3 is 4.74 Å². The molecule has 0 saturated heterocycles. The van der Waals surface area contributed by atoms with E-state index in [1.165, 1.54) is 36.4 Å². The molecule has 2 aromatic carbocycles. The molecule has 0 saturated carbocycles. The molecule has 0 aliphatic carbocycles. The Labute approximate surface area is 118 Å². The van der Waals surface area contributed by atoms with E-state index in [0.717, 1.165) is 6.07 Å². The van der Waals surface area contributed by atoms with E-state index in [9.17, 15) is 20.2 Å². The molecular formula is C13H7N3O5. The average Bonchev–Trinajstić information content (AvgIpc) is 2.47. The van der Waals surface area contributed by atoms with Crippen molar-refractivity contribution in [2.75, 3.05) is 0 Å². The topological polar surface area (TPSA) is 119 Å². The van der Waals surface area contributed by atoms with Crippen molar-refractivity contribution in [2.45, 2.75) is 0 Å². The number of nitriles is 1. The molecule has 0 N–H and O–H groups in total.